The van der Waals surface area contributed by atoms with Crippen LogP contribution in [-0.2, 0) is 15.8 Å². The Bertz CT molecular complexity index is 1300. The molecule has 9 heteroatoms. The van der Waals surface area contributed by atoms with Gasteiger partial charge in [-0.05, 0) is 56.0 Å². The molecule has 2 aromatic rings. The van der Waals surface area contributed by atoms with E-state index in [-0.39, 0.29) is 24.2 Å². The summed E-state index contributed by atoms with van der Waals surface area (Å²) in [6, 6.07) is 7.96. The maximum Gasteiger partial charge on any atom is 0.416 e. The van der Waals surface area contributed by atoms with E-state index in [0.717, 1.165) is 16.8 Å². The molecule has 0 saturated carbocycles. The lowest BCUT2D eigenvalue weighted by atomic mass is 9.77. The molecule has 1 aliphatic carbocycles. The molecule has 0 unspecified atom stereocenters. The van der Waals surface area contributed by atoms with Crippen molar-refractivity contribution in [2.75, 3.05) is 5.01 Å². The molecule has 0 saturated heterocycles. The Morgan fingerprint density at radius 1 is 1.06 bits per heavy atom. The number of aryl methyl sites for hydroxylation is 2. The Balaban J connectivity index is 1.89. The van der Waals surface area contributed by atoms with Gasteiger partial charge in [-0.3, -0.25) is 14.4 Å². The molecule has 1 aliphatic heterocycles. The third-order valence-corrected chi connectivity index (χ3v) is 6.16. The van der Waals surface area contributed by atoms with E-state index in [1.165, 1.54) is 17.1 Å². The van der Waals surface area contributed by atoms with Gasteiger partial charge in [-0.15, -0.1) is 0 Å². The number of nitrogens with zero attached hydrogens (tertiary/aromatic N) is 3. The number of benzene rings is 1. The van der Waals surface area contributed by atoms with Gasteiger partial charge in [0.2, 0.25) is 5.91 Å². The Hall–Kier alpha value is -3.67. The van der Waals surface area contributed by atoms with Crippen molar-refractivity contribution in [1.29, 1.82) is 5.26 Å². The SMILES string of the molecule is Cc1cc(C)n(N2C(=O)C[C@@H](c3ccc(C(F)(F)F)cc3)C3=C2CCCC3=O)c(=O)c1C#N. The number of alkyl halides is 3. The summed E-state index contributed by atoms with van der Waals surface area (Å²) in [6.07, 6.45) is -3.59. The van der Waals surface area contributed by atoms with E-state index in [0.29, 0.717) is 40.9 Å². The zero-order chi connectivity index (χ0) is 24.1. The first-order chi connectivity index (χ1) is 15.5. The van der Waals surface area contributed by atoms with Crippen molar-refractivity contribution in [3.05, 3.63) is 79.9 Å². The van der Waals surface area contributed by atoms with Crippen molar-refractivity contribution >= 4 is 11.7 Å². The van der Waals surface area contributed by atoms with Crippen molar-refractivity contribution in [3.63, 3.8) is 0 Å². The highest BCUT2D eigenvalue weighted by molar-refractivity contribution is 6.04. The number of halogens is 3. The molecule has 1 amide bonds. The molecule has 4 rings (SSSR count). The topological polar surface area (TPSA) is 83.2 Å². The molecule has 0 bridgehead atoms. The number of allylic oxidation sites excluding steroid dienone is 2. The number of hydrogen-bond acceptors (Lipinski definition) is 4. The van der Waals surface area contributed by atoms with E-state index in [4.69, 9.17) is 0 Å². The van der Waals surface area contributed by atoms with Crippen LogP contribution in [0, 0.1) is 25.2 Å². The summed E-state index contributed by atoms with van der Waals surface area (Å²) < 4.78 is 40.1. The Kier molecular flexibility index (Phi) is 5.48. The molecule has 0 spiro atoms. The lowest BCUT2D eigenvalue weighted by Crippen LogP contribution is -2.52. The molecule has 0 fully saturated rings. The summed E-state index contributed by atoms with van der Waals surface area (Å²) in [5, 5.41) is 10.6. The summed E-state index contributed by atoms with van der Waals surface area (Å²) in [5.41, 5.74) is 0.495. The maximum atomic E-state index is 13.3. The van der Waals surface area contributed by atoms with E-state index in [1.807, 2.05) is 6.07 Å². The Labute approximate surface area is 187 Å². The summed E-state index contributed by atoms with van der Waals surface area (Å²) in [5.74, 6) is -1.36. The zero-order valence-corrected chi connectivity index (χ0v) is 18.0. The summed E-state index contributed by atoms with van der Waals surface area (Å²) in [4.78, 5) is 39.3. The predicted octanol–water partition coefficient (Wildman–Crippen LogP) is 4.01. The first kappa shape index (κ1) is 22.5. The van der Waals surface area contributed by atoms with Crippen LogP contribution in [0.3, 0.4) is 0 Å². The predicted molar refractivity (Wildman–Crippen MR) is 113 cm³/mol. The van der Waals surface area contributed by atoms with Gasteiger partial charge in [-0.1, -0.05) is 12.1 Å². The quantitative estimate of drug-likeness (QED) is 0.685. The third-order valence-electron chi connectivity index (χ3n) is 6.16. The normalized spacial score (nSPS) is 18.9. The number of aromatic nitrogens is 1. The van der Waals surface area contributed by atoms with Crippen LogP contribution in [0.25, 0.3) is 0 Å². The van der Waals surface area contributed by atoms with Gasteiger partial charge in [0.05, 0.1) is 11.3 Å². The van der Waals surface area contributed by atoms with Crippen molar-refractivity contribution in [2.24, 2.45) is 0 Å². The average molecular weight is 455 g/mol. The third kappa shape index (κ3) is 3.75. The van der Waals surface area contributed by atoms with E-state index in [9.17, 15) is 32.8 Å². The minimum atomic E-state index is -4.49. The number of rotatable bonds is 2. The second-order valence-corrected chi connectivity index (χ2v) is 8.29. The molecule has 170 valence electrons. The second kappa shape index (κ2) is 8.03. The summed E-state index contributed by atoms with van der Waals surface area (Å²) in [6.45, 7) is 3.26. The molecular weight excluding hydrogens is 435 g/mol. The molecule has 1 aromatic carbocycles. The number of carbonyl (C=O) groups is 2. The van der Waals surface area contributed by atoms with Crippen LogP contribution in [0.1, 0.15) is 59.5 Å². The number of nitriles is 1. The average Bonchev–Trinajstić information content (AvgIpc) is 2.74. The Morgan fingerprint density at radius 2 is 1.73 bits per heavy atom. The van der Waals surface area contributed by atoms with Crippen molar-refractivity contribution in [2.45, 2.75) is 51.6 Å². The summed E-state index contributed by atoms with van der Waals surface area (Å²) >= 11 is 0. The standard InChI is InChI=1S/C24H20F3N3O3/c1-13-10-14(2)29(23(33)18(13)12-28)30-19-4-3-5-20(31)22(19)17(11-21(30)32)15-6-8-16(9-7-15)24(25,26)27/h6-10,17H,3-5,11H2,1-2H3/t17-/m0/s1. The molecule has 1 atom stereocenters. The van der Waals surface area contributed by atoms with Gasteiger partial charge in [0, 0.05) is 30.0 Å². The van der Waals surface area contributed by atoms with Crippen molar-refractivity contribution < 1.29 is 22.8 Å². The van der Waals surface area contributed by atoms with E-state index >= 15 is 0 Å². The first-order valence-electron chi connectivity index (χ1n) is 10.4. The van der Waals surface area contributed by atoms with Gasteiger partial charge < -0.3 is 0 Å². The fourth-order valence-corrected chi connectivity index (χ4v) is 4.66. The van der Waals surface area contributed by atoms with Gasteiger partial charge >= 0.3 is 6.18 Å². The van der Waals surface area contributed by atoms with Crippen LogP contribution in [-0.4, -0.2) is 16.4 Å². The van der Waals surface area contributed by atoms with Gasteiger partial charge in [-0.25, -0.2) is 9.69 Å². The highest BCUT2D eigenvalue weighted by Gasteiger charge is 2.41. The largest absolute Gasteiger partial charge is 0.416 e. The number of carbonyl (C=O) groups excluding carboxylic acids is 2. The van der Waals surface area contributed by atoms with Crippen LogP contribution in [0.15, 0.2) is 46.4 Å². The van der Waals surface area contributed by atoms with Crippen LogP contribution in [0.4, 0.5) is 13.2 Å². The zero-order valence-electron chi connectivity index (χ0n) is 18.0. The van der Waals surface area contributed by atoms with Crippen LogP contribution >= 0.6 is 0 Å². The van der Waals surface area contributed by atoms with Crippen LogP contribution < -0.4 is 10.6 Å². The molecule has 1 aromatic heterocycles. The smallest absolute Gasteiger partial charge is 0.294 e. The molecule has 2 aliphatic rings. The van der Waals surface area contributed by atoms with Crippen LogP contribution in [0.2, 0.25) is 0 Å². The lowest BCUT2D eigenvalue weighted by Gasteiger charge is -2.39. The second-order valence-electron chi connectivity index (χ2n) is 8.29. The molecule has 0 radical (unpaired) electrons. The van der Waals surface area contributed by atoms with E-state index < -0.39 is 29.1 Å². The van der Waals surface area contributed by atoms with E-state index in [1.54, 1.807) is 19.9 Å². The highest BCUT2D eigenvalue weighted by atomic mass is 19.4. The fraction of sp³-hybridized carbons (Fsp3) is 0.333. The van der Waals surface area contributed by atoms with Crippen LogP contribution in [0.5, 0.6) is 0 Å². The number of hydrogen-bond donors (Lipinski definition) is 0. The summed E-state index contributed by atoms with van der Waals surface area (Å²) in [7, 11) is 0. The molecule has 2 heterocycles. The van der Waals surface area contributed by atoms with Crippen molar-refractivity contribution in [1.82, 2.24) is 4.68 Å². The molecule has 0 N–H and O–H groups in total. The Morgan fingerprint density at radius 3 is 2.33 bits per heavy atom. The van der Waals surface area contributed by atoms with Gasteiger partial charge in [0.25, 0.3) is 5.56 Å². The van der Waals surface area contributed by atoms with Gasteiger partial charge in [0.15, 0.2) is 5.78 Å². The number of amides is 1. The minimum Gasteiger partial charge on any atom is -0.294 e. The number of ketones is 1. The van der Waals surface area contributed by atoms with Gasteiger partial charge in [0.1, 0.15) is 11.6 Å². The van der Waals surface area contributed by atoms with Crippen molar-refractivity contribution in [3.8, 4) is 6.07 Å². The molecule has 6 nitrogen and oxygen atoms in total. The highest BCUT2D eigenvalue weighted by Crippen LogP contribution is 2.41. The lowest BCUT2D eigenvalue weighted by molar-refractivity contribution is -0.137. The van der Waals surface area contributed by atoms with Gasteiger partial charge in [-0.2, -0.15) is 18.4 Å². The fourth-order valence-electron chi connectivity index (χ4n) is 4.66. The minimum absolute atomic E-state index is 0.0949. The maximum absolute atomic E-state index is 13.3. The monoisotopic (exact) mass is 455 g/mol. The molecule has 33 heavy (non-hydrogen) atoms. The number of pyridine rings is 1. The van der Waals surface area contributed by atoms with E-state index in [2.05, 4.69) is 0 Å². The molecular formula is C24H20F3N3O3. The first-order valence-corrected chi connectivity index (χ1v) is 10.4. The number of Topliss-reactive ketones (excluding diaryl/α,β-unsaturated/α-hetero) is 1.